The number of thiophene rings is 1. The van der Waals surface area contributed by atoms with Crippen LogP contribution in [0.25, 0.3) is 10.2 Å². The summed E-state index contributed by atoms with van der Waals surface area (Å²) in [5.74, 6) is -0.234. The second-order valence-corrected chi connectivity index (χ2v) is 8.93. The van der Waals surface area contributed by atoms with Crippen LogP contribution < -0.4 is 11.1 Å². The van der Waals surface area contributed by atoms with Crippen molar-refractivity contribution in [1.82, 2.24) is 9.88 Å². The lowest BCUT2D eigenvalue weighted by molar-refractivity contribution is 0.103. The molecule has 1 aliphatic heterocycles. The highest BCUT2D eigenvalue weighted by atomic mass is 35.5. The number of nitrogens with zero attached hydrogens (tertiary/aromatic N) is 2. The Balaban J connectivity index is 1.66. The van der Waals surface area contributed by atoms with Gasteiger partial charge in [-0.05, 0) is 50.1 Å². The summed E-state index contributed by atoms with van der Waals surface area (Å²) in [4.78, 5) is 21.4. The zero-order chi connectivity index (χ0) is 20.0. The van der Waals surface area contributed by atoms with E-state index in [4.69, 9.17) is 22.3 Å². The van der Waals surface area contributed by atoms with Crippen LogP contribution in [0.15, 0.2) is 24.3 Å². The van der Waals surface area contributed by atoms with Gasteiger partial charge in [0.1, 0.15) is 9.71 Å². The zero-order valence-electron chi connectivity index (χ0n) is 16.2. The van der Waals surface area contributed by atoms with Crippen LogP contribution in [0.3, 0.4) is 0 Å². The number of hydrogen-bond acceptors (Lipinski definition) is 5. The van der Waals surface area contributed by atoms with Crippen molar-refractivity contribution in [2.24, 2.45) is 0 Å². The highest BCUT2D eigenvalue weighted by Crippen LogP contribution is 2.35. The van der Waals surface area contributed by atoms with Crippen molar-refractivity contribution in [2.45, 2.75) is 39.8 Å². The van der Waals surface area contributed by atoms with Gasteiger partial charge in [0.25, 0.3) is 5.91 Å². The molecule has 1 aliphatic rings. The summed E-state index contributed by atoms with van der Waals surface area (Å²) in [5, 5.41) is 4.37. The Kier molecular flexibility index (Phi) is 5.04. The molecule has 1 amide bonds. The molecule has 1 aromatic carbocycles. The first-order valence-corrected chi connectivity index (χ1v) is 10.5. The number of fused-ring (bicyclic) bond motifs is 2. The number of benzene rings is 1. The second-order valence-electron chi connectivity index (χ2n) is 7.52. The molecule has 2 aromatic heterocycles. The number of anilines is 2. The summed E-state index contributed by atoms with van der Waals surface area (Å²) in [7, 11) is 0. The molecular formula is C21H23ClN4OS. The molecule has 4 rings (SSSR count). The van der Waals surface area contributed by atoms with Crippen LogP contribution >= 0.6 is 22.9 Å². The number of pyridine rings is 1. The van der Waals surface area contributed by atoms with Crippen LogP contribution in [-0.4, -0.2) is 28.4 Å². The predicted molar refractivity (Wildman–Crippen MR) is 117 cm³/mol. The van der Waals surface area contributed by atoms with Crippen molar-refractivity contribution in [1.29, 1.82) is 0 Å². The number of nitrogens with two attached hydrogens (primary N) is 1. The molecule has 146 valence electrons. The molecule has 0 saturated carbocycles. The minimum atomic E-state index is -0.234. The van der Waals surface area contributed by atoms with Crippen molar-refractivity contribution in [3.63, 3.8) is 0 Å². The summed E-state index contributed by atoms with van der Waals surface area (Å²) in [6.45, 7) is 8.21. The van der Waals surface area contributed by atoms with E-state index in [9.17, 15) is 4.79 Å². The standard InChI is InChI=1S/C21H23ClN4OS/c1-11(2)26-7-6-17-13(10-26)8-15-18(23)19(28-21(15)25-17)20(27)24-14-5-4-12(3)16(22)9-14/h4-5,8-9,11H,6-7,10,23H2,1-3H3,(H,24,27). The number of amides is 1. The molecule has 0 saturated heterocycles. The molecule has 0 atom stereocenters. The van der Waals surface area contributed by atoms with Gasteiger partial charge in [-0.15, -0.1) is 11.3 Å². The number of hydrogen-bond donors (Lipinski definition) is 2. The minimum Gasteiger partial charge on any atom is -0.397 e. The van der Waals surface area contributed by atoms with Gasteiger partial charge in [-0.2, -0.15) is 0 Å². The molecule has 0 radical (unpaired) electrons. The van der Waals surface area contributed by atoms with Crippen molar-refractivity contribution in [2.75, 3.05) is 17.6 Å². The number of nitrogen functional groups attached to an aromatic ring is 1. The maximum atomic E-state index is 12.8. The lowest BCUT2D eigenvalue weighted by Crippen LogP contribution is -2.36. The molecule has 28 heavy (non-hydrogen) atoms. The Bertz CT molecular complexity index is 1080. The molecule has 3 aromatic rings. The molecule has 0 spiro atoms. The summed E-state index contributed by atoms with van der Waals surface area (Å²) >= 11 is 7.50. The number of halogens is 1. The maximum Gasteiger partial charge on any atom is 0.267 e. The van der Waals surface area contributed by atoms with E-state index in [0.717, 1.165) is 41.0 Å². The van der Waals surface area contributed by atoms with Gasteiger partial charge >= 0.3 is 0 Å². The lowest BCUT2D eigenvalue weighted by Gasteiger charge is -2.31. The van der Waals surface area contributed by atoms with Crippen molar-refractivity contribution < 1.29 is 4.79 Å². The second kappa shape index (κ2) is 7.35. The van der Waals surface area contributed by atoms with Gasteiger partial charge in [0, 0.05) is 47.3 Å². The SMILES string of the molecule is Cc1ccc(NC(=O)c2sc3nc4c(cc3c2N)CN(C(C)C)CC4)cc1Cl. The predicted octanol–water partition coefficient (Wildman–Crippen LogP) is 4.86. The van der Waals surface area contributed by atoms with Crippen LogP contribution in [-0.2, 0) is 13.0 Å². The Hall–Kier alpha value is -2.15. The quantitative estimate of drug-likeness (QED) is 0.642. The van der Waals surface area contributed by atoms with Crippen LogP contribution in [0, 0.1) is 6.92 Å². The van der Waals surface area contributed by atoms with Crippen molar-refractivity contribution in [3.8, 4) is 0 Å². The van der Waals surface area contributed by atoms with E-state index in [1.54, 1.807) is 6.07 Å². The number of rotatable bonds is 3. The Morgan fingerprint density at radius 2 is 2.14 bits per heavy atom. The normalized spacial score (nSPS) is 14.5. The van der Waals surface area contributed by atoms with Gasteiger partial charge in [-0.1, -0.05) is 17.7 Å². The van der Waals surface area contributed by atoms with E-state index in [1.807, 2.05) is 19.1 Å². The van der Waals surface area contributed by atoms with Gasteiger partial charge in [0.2, 0.25) is 0 Å². The number of aryl methyl sites for hydroxylation is 1. The molecule has 3 heterocycles. The zero-order valence-corrected chi connectivity index (χ0v) is 17.7. The molecule has 0 unspecified atom stereocenters. The van der Waals surface area contributed by atoms with E-state index in [1.165, 1.54) is 16.9 Å². The lowest BCUT2D eigenvalue weighted by atomic mass is 10.0. The summed E-state index contributed by atoms with van der Waals surface area (Å²) in [6, 6.07) is 8.06. The third kappa shape index (κ3) is 3.48. The smallest absolute Gasteiger partial charge is 0.267 e. The number of aromatic nitrogens is 1. The van der Waals surface area contributed by atoms with Crippen LogP contribution in [0.2, 0.25) is 5.02 Å². The first-order valence-electron chi connectivity index (χ1n) is 9.36. The van der Waals surface area contributed by atoms with Gasteiger partial charge < -0.3 is 11.1 Å². The molecule has 0 bridgehead atoms. The van der Waals surface area contributed by atoms with E-state index in [-0.39, 0.29) is 5.91 Å². The summed E-state index contributed by atoms with van der Waals surface area (Å²) in [6.07, 6.45) is 0.921. The van der Waals surface area contributed by atoms with E-state index in [2.05, 4.69) is 30.1 Å². The Morgan fingerprint density at radius 3 is 2.86 bits per heavy atom. The largest absolute Gasteiger partial charge is 0.397 e. The van der Waals surface area contributed by atoms with Crippen LogP contribution in [0.1, 0.15) is 40.3 Å². The van der Waals surface area contributed by atoms with Gasteiger partial charge in [0.15, 0.2) is 0 Å². The average molecular weight is 415 g/mol. The van der Waals surface area contributed by atoms with Crippen LogP contribution in [0.5, 0.6) is 0 Å². The summed E-state index contributed by atoms with van der Waals surface area (Å²) < 4.78 is 0. The van der Waals surface area contributed by atoms with E-state index >= 15 is 0 Å². The van der Waals surface area contributed by atoms with E-state index < -0.39 is 0 Å². The highest BCUT2D eigenvalue weighted by Gasteiger charge is 2.23. The Morgan fingerprint density at radius 1 is 1.36 bits per heavy atom. The third-order valence-electron chi connectivity index (χ3n) is 5.27. The maximum absolute atomic E-state index is 12.8. The Labute approximate surface area is 173 Å². The topological polar surface area (TPSA) is 71.2 Å². The fourth-order valence-electron chi connectivity index (χ4n) is 3.49. The first-order chi connectivity index (χ1) is 13.3. The van der Waals surface area contributed by atoms with Gasteiger partial charge in [-0.3, -0.25) is 9.69 Å². The minimum absolute atomic E-state index is 0.234. The monoisotopic (exact) mass is 414 g/mol. The number of carbonyl (C=O) groups is 1. The van der Waals surface area contributed by atoms with Gasteiger partial charge in [-0.25, -0.2) is 4.98 Å². The van der Waals surface area contributed by atoms with E-state index in [0.29, 0.717) is 27.3 Å². The highest BCUT2D eigenvalue weighted by molar-refractivity contribution is 7.21. The molecule has 7 heteroatoms. The van der Waals surface area contributed by atoms with Crippen LogP contribution in [0.4, 0.5) is 11.4 Å². The number of nitrogens with one attached hydrogen (secondary N) is 1. The molecule has 0 fully saturated rings. The van der Waals surface area contributed by atoms with Crippen molar-refractivity contribution >= 4 is 50.4 Å². The first kappa shape index (κ1) is 19.2. The molecular weight excluding hydrogens is 392 g/mol. The average Bonchev–Trinajstić information content (AvgIpc) is 2.98. The van der Waals surface area contributed by atoms with Crippen molar-refractivity contribution in [3.05, 3.63) is 51.0 Å². The van der Waals surface area contributed by atoms with Gasteiger partial charge in [0.05, 0.1) is 5.69 Å². The fraction of sp³-hybridized carbons (Fsp3) is 0.333. The summed E-state index contributed by atoms with van der Waals surface area (Å²) in [5.41, 5.74) is 10.8. The molecule has 0 aliphatic carbocycles. The molecule has 5 nitrogen and oxygen atoms in total. The molecule has 3 N–H and O–H groups in total. The number of carbonyl (C=O) groups excluding carboxylic acids is 1. The fourth-order valence-corrected chi connectivity index (χ4v) is 4.66. The third-order valence-corrected chi connectivity index (χ3v) is 6.79.